The van der Waals surface area contributed by atoms with E-state index in [1.54, 1.807) is 10.7 Å². The molecule has 1 saturated carbocycles. The monoisotopic (exact) mass is 427 g/mol. The summed E-state index contributed by atoms with van der Waals surface area (Å²) in [7, 11) is 3.78. The normalized spacial score (nSPS) is 18.4. The van der Waals surface area contributed by atoms with E-state index in [0.717, 1.165) is 53.7 Å². The first-order chi connectivity index (χ1) is 15.7. The van der Waals surface area contributed by atoms with Gasteiger partial charge in [-0.1, -0.05) is 12.1 Å². The van der Waals surface area contributed by atoms with Crippen LogP contribution in [0.3, 0.4) is 0 Å². The summed E-state index contributed by atoms with van der Waals surface area (Å²) in [5.41, 5.74) is 3.55. The van der Waals surface area contributed by atoms with Gasteiger partial charge in [0.1, 0.15) is 23.3 Å². The Labute approximate surface area is 186 Å². The molecular weight excluding hydrogens is 402 g/mol. The van der Waals surface area contributed by atoms with Crippen LogP contribution in [-0.4, -0.2) is 37.7 Å². The highest BCUT2D eigenvalue weighted by atomic mass is 16.5. The minimum absolute atomic E-state index is 0.106. The van der Waals surface area contributed by atoms with Gasteiger partial charge in [0.05, 0.1) is 29.4 Å². The molecule has 1 aliphatic rings. The van der Waals surface area contributed by atoms with E-state index < -0.39 is 0 Å². The molecule has 0 amide bonds. The van der Waals surface area contributed by atoms with Crippen LogP contribution in [0.4, 0.5) is 5.82 Å². The average molecular weight is 428 g/mol. The van der Waals surface area contributed by atoms with Gasteiger partial charge in [-0.2, -0.15) is 15.5 Å². The number of pyridine rings is 1. The molecule has 8 heteroatoms. The van der Waals surface area contributed by atoms with Crippen LogP contribution in [0, 0.1) is 11.3 Å². The topological polar surface area (TPSA) is 93.6 Å². The molecule has 1 fully saturated rings. The zero-order chi connectivity index (χ0) is 22.1. The Hall–Kier alpha value is -3.86. The molecule has 1 aromatic carbocycles. The van der Waals surface area contributed by atoms with Gasteiger partial charge in [-0.15, -0.1) is 0 Å². The summed E-state index contributed by atoms with van der Waals surface area (Å²) in [5, 5.41) is 22.8. The number of nitrogens with one attached hydrogen (secondary N) is 1. The number of nitrogens with zero attached hydrogens (tertiary/aromatic N) is 6. The van der Waals surface area contributed by atoms with E-state index in [2.05, 4.69) is 32.2 Å². The number of nitriles is 1. The number of ether oxygens (including phenoxy) is 1. The van der Waals surface area contributed by atoms with Gasteiger partial charge < -0.3 is 10.1 Å². The van der Waals surface area contributed by atoms with E-state index in [-0.39, 0.29) is 12.1 Å². The van der Waals surface area contributed by atoms with Crippen LogP contribution < -0.4 is 10.1 Å². The van der Waals surface area contributed by atoms with Gasteiger partial charge in [0.2, 0.25) is 0 Å². The second-order valence-electron chi connectivity index (χ2n) is 8.19. The maximum Gasteiger partial charge on any atom is 0.137 e. The molecular formula is C24H25N7O. The second-order valence-corrected chi connectivity index (χ2v) is 8.19. The van der Waals surface area contributed by atoms with Crippen molar-refractivity contribution < 1.29 is 4.74 Å². The first kappa shape index (κ1) is 20.1. The molecule has 0 atom stereocenters. The van der Waals surface area contributed by atoms with Crippen LogP contribution in [0.1, 0.15) is 37.3 Å². The van der Waals surface area contributed by atoms with E-state index in [0.29, 0.717) is 11.3 Å². The quantitative estimate of drug-likeness (QED) is 0.510. The van der Waals surface area contributed by atoms with Crippen LogP contribution in [0.5, 0.6) is 5.75 Å². The first-order valence-corrected chi connectivity index (χ1v) is 10.9. The smallest absolute Gasteiger partial charge is 0.137 e. The number of hydrogen-bond donors (Lipinski definition) is 1. The molecule has 32 heavy (non-hydrogen) atoms. The van der Waals surface area contributed by atoms with Crippen LogP contribution in [0.25, 0.3) is 22.2 Å². The number of para-hydroxylation sites is 1. The third kappa shape index (κ3) is 3.66. The highest BCUT2D eigenvalue weighted by molar-refractivity contribution is 5.93. The summed E-state index contributed by atoms with van der Waals surface area (Å²) in [6.07, 6.45) is 9.57. The summed E-state index contributed by atoms with van der Waals surface area (Å²) in [6, 6.07) is 12.0. The summed E-state index contributed by atoms with van der Waals surface area (Å²) < 4.78 is 10.1. The minimum atomic E-state index is 0.106. The lowest BCUT2D eigenvalue weighted by molar-refractivity contribution is 0.130. The van der Waals surface area contributed by atoms with Gasteiger partial charge in [-0.05, 0) is 37.8 Å². The average Bonchev–Trinajstić information content (AvgIpc) is 3.43. The lowest BCUT2D eigenvalue weighted by atomic mass is 9.93. The molecule has 0 aliphatic heterocycles. The molecule has 0 radical (unpaired) electrons. The third-order valence-electron chi connectivity index (χ3n) is 6.12. The molecule has 0 bridgehead atoms. The van der Waals surface area contributed by atoms with Crippen molar-refractivity contribution >= 4 is 16.7 Å². The van der Waals surface area contributed by atoms with Gasteiger partial charge in [0.25, 0.3) is 0 Å². The molecule has 0 unspecified atom stereocenters. The molecule has 4 aromatic rings. The number of rotatable bonds is 5. The summed E-state index contributed by atoms with van der Waals surface area (Å²) >= 11 is 0. The molecule has 8 nitrogen and oxygen atoms in total. The fourth-order valence-corrected chi connectivity index (χ4v) is 4.45. The number of aromatic nitrogens is 5. The first-order valence-electron chi connectivity index (χ1n) is 10.9. The van der Waals surface area contributed by atoms with Crippen molar-refractivity contribution in [2.75, 3.05) is 12.4 Å². The van der Waals surface area contributed by atoms with Gasteiger partial charge in [-0.25, -0.2) is 4.98 Å². The van der Waals surface area contributed by atoms with Crippen LogP contribution in [-0.2, 0) is 7.05 Å². The number of aryl methyl sites for hydroxylation is 1. The van der Waals surface area contributed by atoms with E-state index in [4.69, 9.17) is 9.84 Å². The Kier molecular flexibility index (Phi) is 5.23. The zero-order valence-electron chi connectivity index (χ0n) is 18.2. The maximum absolute atomic E-state index is 9.32. The highest BCUT2D eigenvalue weighted by Gasteiger charge is 2.27. The van der Waals surface area contributed by atoms with E-state index in [1.165, 1.54) is 0 Å². The fraction of sp³-hybridized carbons (Fsp3) is 0.333. The van der Waals surface area contributed by atoms with Crippen molar-refractivity contribution in [1.82, 2.24) is 24.5 Å². The lowest BCUT2D eigenvalue weighted by Gasteiger charge is -2.29. The maximum atomic E-state index is 9.32. The van der Waals surface area contributed by atoms with Crippen molar-refractivity contribution in [2.24, 2.45) is 7.05 Å². The third-order valence-corrected chi connectivity index (χ3v) is 6.12. The van der Waals surface area contributed by atoms with Crippen molar-refractivity contribution in [1.29, 1.82) is 5.26 Å². The van der Waals surface area contributed by atoms with Crippen LogP contribution >= 0.6 is 0 Å². The van der Waals surface area contributed by atoms with Gasteiger partial charge >= 0.3 is 0 Å². The summed E-state index contributed by atoms with van der Waals surface area (Å²) in [6.45, 7) is 0. The Balaban J connectivity index is 1.41. The van der Waals surface area contributed by atoms with Crippen molar-refractivity contribution in [3.63, 3.8) is 0 Å². The molecule has 162 valence electrons. The Morgan fingerprint density at radius 2 is 1.97 bits per heavy atom. The van der Waals surface area contributed by atoms with Gasteiger partial charge in [0.15, 0.2) is 0 Å². The molecule has 0 spiro atoms. The zero-order valence-corrected chi connectivity index (χ0v) is 18.2. The summed E-state index contributed by atoms with van der Waals surface area (Å²) in [4.78, 5) is 4.51. The van der Waals surface area contributed by atoms with Crippen molar-refractivity contribution in [3.05, 3.63) is 54.5 Å². The molecule has 5 rings (SSSR count). The van der Waals surface area contributed by atoms with Crippen molar-refractivity contribution in [2.45, 2.75) is 37.8 Å². The molecule has 1 N–H and O–H groups in total. The predicted molar refractivity (Wildman–Crippen MR) is 122 cm³/mol. The van der Waals surface area contributed by atoms with E-state index in [9.17, 15) is 5.26 Å². The summed E-state index contributed by atoms with van der Waals surface area (Å²) in [5.74, 6) is 1.49. The Morgan fingerprint density at radius 1 is 1.16 bits per heavy atom. The predicted octanol–water partition coefficient (Wildman–Crippen LogP) is 4.31. The molecule has 3 aromatic heterocycles. The van der Waals surface area contributed by atoms with Gasteiger partial charge in [0, 0.05) is 43.5 Å². The molecule has 3 heterocycles. The highest BCUT2D eigenvalue weighted by Crippen LogP contribution is 2.36. The largest absolute Gasteiger partial charge is 0.489 e. The fourth-order valence-electron chi connectivity index (χ4n) is 4.45. The van der Waals surface area contributed by atoms with Crippen LogP contribution in [0.15, 0.2) is 48.9 Å². The van der Waals surface area contributed by atoms with E-state index >= 15 is 0 Å². The molecule has 1 aliphatic carbocycles. The number of anilines is 1. The SMILES string of the molecule is CNc1cc2c(cn1)c(-c1cnn(C)c1)nn2[C@H]1CC[C@@H](Oc2ccccc2C#N)CC1. The Bertz CT molecular complexity index is 1290. The number of benzene rings is 1. The Morgan fingerprint density at radius 3 is 2.69 bits per heavy atom. The minimum Gasteiger partial charge on any atom is -0.489 e. The second kappa shape index (κ2) is 8.35. The number of hydrogen-bond acceptors (Lipinski definition) is 6. The van der Waals surface area contributed by atoms with Gasteiger partial charge in [-0.3, -0.25) is 9.36 Å². The number of fused-ring (bicyclic) bond motifs is 1. The standard InChI is InChI=1S/C24H25N7O/c1-26-23-11-21-20(14-27-23)24(17-13-28-30(2)15-17)29-31(21)18-7-9-19(10-8-18)32-22-6-4-3-5-16(22)12-25/h3-6,11,13-15,18-19H,7-10H2,1-2H3,(H,26,27)/t18-,19+. The van der Waals surface area contributed by atoms with Crippen molar-refractivity contribution in [3.8, 4) is 23.1 Å². The molecule has 0 saturated heterocycles. The van der Waals surface area contributed by atoms with E-state index in [1.807, 2.05) is 50.9 Å². The van der Waals surface area contributed by atoms with Crippen LogP contribution in [0.2, 0.25) is 0 Å². The lowest BCUT2D eigenvalue weighted by Crippen LogP contribution is -2.26.